The van der Waals surface area contributed by atoms with Gasteiger partial charge in [-0.15, -0.1) is 0 Å². The van der Waals surface area contributed by atoms with Crippen LogP contribution in [0.25, 0.3) is 0 Å². The van der Waals surface area contributed by atoms with Crippen LogP contribution in [0.5, 0.6) is 0 Å². The summed E-state index contributed by atoms with van der Waals surface area (Å²) in [5.41, 5.74) is -1.13. The van der Waals surface area contributed by atoms with Crippen molar-refractivity contribution in [2.24, 2.45) is 5.41 Å². The van der Waals surface area contributed by atoms with Crippen molar-refractivity contribution in [3.8, 4) is 6.07 Å². The van der Waals surface area contributed by atoms with Crippen molar-refractivity contribution in [2.75, 3.05) is 13.1 Å². The SMILES string of the molecule is CC(C)(C#N)CCN1CC(=O)NC(=O)C1(C)C. The van der Waals surface area contributed by atoms with Crippen molar-refractivity contribution in [1.82, 2.24) is 10.2 Å². The Bertz CT molecular complexity index is 380. The number of nitrogens with one attached hydrogen (secondary N) is 1. The zero-order valence-electron chi connectivity index (χ0n) is 10.8. The fourth-order valence-electron chi connectivity index (χ4n) is 1.66. The molecule has 0 bridgehead atoms. The second kappa shape index (κ2) is 4.46. The molecular weight excluding hydrogens is 218 g/mol. The molecule has 17 heavy (non-hydrogen) atoms. The van der Waals surface area contributed by atoms with E-state index >= 15 is 0 Å². The van der Waals surface area contributed by atoms with Gasteiger partial charge in [0, 0.05) is 6.54 Å². The van der Waals surface area contributed by atoms with Crippen LogP contribution in [0.4, 0.5) is 0 Å². The number of carbonyl (C=O) groups excluding carboxylic acids is 2. The average Bonchev–Trinajstić information content (AvgIpc) is 2.22. The normalized spacial score (nSPS) is 20.9. The number of nitrogens with zero attached hydrogens (tertiary/aromatic N) is 2. The quantitative estimate of drug-likeness (QED) is 0.732. The Labute approximate surface area is 102 Å². The maximum Gasteiger partial charge on any atom is 0.246 e. The van der Waals surface area contributed by atoms with E-state index in [0.29, 0.717) is 13.0 Å². The highest BCUT2D eigenvalue weighted by molar-refractivity contribution is 6.02. The maximum atomic E-state index is 11.7. The first-order chi connectivity index (χ1) is 7.69. The summed E-state index contributed by atoms with van der Waals surface area (Å²) in [6, 6.07) is 2.22. The largest absolute Gasteiger partial charge is 0.294 e. The Morgan fingerprint density at radius 1 is 1.47 bits per heavy atom. The molecule has 2 amide bonds. The minimum Gasteiger partial charge on any atom is -0.294 e. The van der Waals surface area contributed by atoms with Crippen LogP contribution in [-0.2, 0) is 9.59 Å². The molecule has 0 aromatic rings. The molecule has 5 heteroatoms. The van der Waals surface area contributed by atoms with Gasteiger partial charge in [-0.2, -0.15) is 5.26 Å². The Kier molecular flexibility index (Phi) is 3.58. The number of hydrogen-bond acceptors (Lipinski definition) is 4. The van der Waals surface area contributed by atoms with Gasteiger partial charge in [-0.1, -0.05) is 0 Å². The molecule has 0 aromatic heterocycles. The van der Waals surface area contributed by atoms with E-state index in [4.69, 9.17) is 5.26 Å². The van der Waals surface area contributed by atoms with Gasteiger partial charge >= 0.3 is 0 Å². The highest BCUT2D eigenvalue weighted by Gasteiger charge is 2.41. The summed E-state index contributed by atoms with van der Waals surface area (Å²) in [6.45, 7) is 8.05. The van der Waals surface area contributed by atoms with Crippen LogP contribution in [0.15, 0.2) is 0 Å². The smallest absolute Gasteiger partial charge is 0.246 e. The molecule has 0 spiro atoms. The minimum atomic E-state index is -0.695. The van der Waals surface area contributed by atoms with Crippen molar-refractivity contribution in [2.45, 2.75) is 39.7 Å². The number of carbonyl (C=O) groups is 2. The van der Waals surface area contributed by atoms with Gasteiger partial charge in [0.2, 0.25) is 11.8 Å². The Morgan fingerprint density at radius 2 is 2.06 bits per heavy atom. The summed E-state index contributed by atoms with van der Waals surface area (Å²) >= 11 is 0. The van der Waals surface area contributed by atoms with Crippen molar-refractivity contribution < 1.29 is 9.59 Å². The molecule has 94 valence electrons. The molecule has 1 aliphatic rings. The van der Waals surface area contributed by atoms with Crippen LogP contribution in [0.1, 0.15) is 34.1 Å². The first kappa shape index (κ1) is 13.7. The lowest BCUT2D eigenvalue weighted by Crippen LogP contribution is -2.64. The molecule has 0 saturated carbocycles. The lowest BCUT2D eigenvalue weighted by atomic mass is 9.89. The van der Waals surface area contributed by atoms with Crippen LogP contribution in [0, 0.1) is 16.7 Å². The molecular formula is C12H19N3O2. The summed E-state index contributed by atoms with van der Waals surface area (Å²) in [4.78, 5) is 24.8. The molecule has 0 atom stereocenters. The molecule has 0 unspecified atom stereocenters. The van der Waals surface area contributed by atoms with Crippen LogP contribution < -0.4 is 5.32 Å². The average molecular weight is 237 g/mol. The van der Waals surface area contributed by atoms with Gasteiger partial charge in [0.25, 0.3) is 0 Å². The van der Waals surface area contributed by atoms with Gasteiger partial charge < -0.3 is 0 Å². The van der Waals surface area contributed by atoms with Crippen LogP contribution in [-0.4, -0.2) is 35.3 Å². The topological polar surface area (TPSA) is 73.2 Å². The van der Waals surface area contributed by atoms with E-state index in [2.05, 4.69) is 11.4 Å². The molecule has 0 aromatic carbocycles. The third-order valence-electron chi connectivity index (χ3n) is 3.24. The van der Waals surface area contributed by atoms with Gasteiger partial charge in [0.15, 0.2) is 0 Å². The molecule has 0 aliphatic carbocycles. The standard InChI is InChI=1S/C12H19N3O2/c1-11(2,8-13)5-6-15-7-9(16)14-10(17)12(15,3)4/h5-7H2,1-4H3,(H,14,16,17). The fraction of sp³-hybridized carbons (Fsp3) is 0.750. The Hall–Kier alpha value is -1.41. The predicted molar refractivity (Wildman–Crippen MR) is 62.8 cm³/mol. The van der Waals surface area contributed by atoms with E-state index in [1.54, 1.807) is 13.8 Å². The van der Waals surface area contributed by atoms with E-state index < -0.39 is 11.0 Å². The fourth-order valence-corrected chi connectivity index (χ4v) is 1.66. The van der Waals surface area contributed by atoms with Gasteiger partial charge in [0.05, 0.1) is 23.6 Å². The number of nitriles is 1. The summed E-state index contributed by atoms with van der Waals surface area (Å²) in [5.74, 6) is -0.549. The summed E-state index contributed by atoms with van der Waals surface area (Å²) in [6.07, 6.45) is 0.632. The molecule has 1 rings (SSSR count). The van der Waals surface area contributed by atoms with E-state index in [0.717, 1.165) is 0 Å². The van der Waals surface area contributed by atoms with Crippen molar-refractivity contribution in [1.29, 1.82) is 5.26 Å². The molecule has 0 radical (unpaired) electrons. The number of piperazine rings is 1. The van der Waals surface area contributed by atoms with Gasteiger partial charge in [-0.3, -0.25) is 19.8 Å². The molecule has 1 aliphatic heterocycles. The zero-order valence-corrected chi connectivity index (χ0v) is 10.8. The third kappa shape index (κ3) is 3.04. The summed E-state index contributed by atoms with van der Waals surface area (Å²) in [7, 11) is 0. The first-order valence-electron chi connectivity index (χ1n) is 5.70. The van der Waals surface area contributed by atoms with Crippen LogP contribution in [0.3, 0.4) is 0 Å². The molecule has 1 heterocycles. The number of rotatable bonds is 3. The number of imide groups is 1. The Morgan fingerprint density at radius 3 is 2.59 bits per heavy atom. The second-order valence-corrected chi connectivity index (χ2v) is 5.60. The lowest BCUT2D eigenvalue weighted by Gasteiger charge is -2.40. The number of amides is 2. The highest BCUT2D eigenvalue weighted by Crippen LogP contribution is 2.24. The monoisotopic (exact) mass is 237 g/mol. The number of hydrogen-bond donors (Lipinski definition) is 1. The van der Waals surface area contributed by atoms with Gasteiger partial charge in [-0.05, 0) is 34.1 Å². The maximum absolute atomic E-state index is 11.7. The van der Waals surface area contributed by atoms with Crippen molar-refractivity contribution in [3.63, 3.8) is 0 Å². The molecule has 1 fully saturated rings. The van der Waals surface area contributed by atoms with E-state index in [-0.39, 0.29) is 18.4 Å². The molecule has 1 saturated heterocycles. The van der Waals surface area contributed by atoms with Gasteiger partial charge in [-0.25, -0.2) is 0 Å². The van der Waals surface area contributed by atoms with E-state index in [9.17, 15) is 9.59 Å². The van der Waals surface area contributed by atoms with E-state index in [1.807, 2.05) is 18.7 Å². The van der Waals surface area contributed by atoms with E-state index in [1.165, 1.54) is 0 Å². The zero-order chi connectivity index (χ0) is 13.3. The van der Waals surface area contributed by atoms with Crippen molar-refractivity contribution >= 4 is 11.8 Å². The Balaban J connectivity index is 2.72. The molecule has 1 N–H and O–H groups in total. The second-order valence-electron chi connectivity index (χ2n) is 5.60. The third-order valence-corrected chi connectivity index (χ3v) is 3.24. The first-order valence-corrected chi connectivity index (χ1v) is 5.70. The minimum absolute atomic E-state index is 0.209. The summed E-state index contributed by atoms with van der Waals surface area (Å²) in [5, 5.41) is 11.3. The predicted octanol–water partition coefficient (Wildman–Crippen LogP) is 0.663. The lowest BCUT2D eigenvalue weighted by molar-refractivity contribution is -0.145. The van der Waals surface area contributed by atoms with Gasteiger partial charge in [0.1, 0.15) is 0 Å². The van der Waals surface area contributed by atoms with Crippen molar-refractivity contribution in [3.05, 3.63) is 0 Å². The van der Waals surface area contributed by atoms with Crippen LogP contribution >= 0.6 is 0 Å². The highest BCUT2D eigenvalue weighted by atomic mass is 16.2. The van der Waals surface area contributed by atoms with Crippen LogP contribution in [0.2, 0.25) is 0 Å². The molecule has 5 nitrogen and oxygen atoms in total. The summed E-state index contributed by atoms with van der Waals surface area (Å²) < 4.78 is 0.